The minimum absolute atomic E-state index is 0.113. The van der Waals surface area contributed by atoms with E-state index in [2.05, 4.69) is 10.6 Å². The first-order chi connectivity index (χ1) is 15.6. The fourth-order valence-corrected chi connectivity index (χ4v) is 3.86. The molecular weight excluding hydrogens is 410 g/mol. The van der Waals surface area contributed by atoms with Crippen molar-refractivity contribution in [3.63, 3.8) is 0 Å². The van der Waals surface area contributed by atoms with E-state index in [9.17, 15) is 9.59 Å². The van der Waals surface area contributed by atoms with Crippen LogP contribution < -0.4 is 29.7 Å². The molecule has 8 nitrogen and oxygen atoms in total. The average molecular weight is 440 g/mol. The van der Waals surface area contributed by atoms with E-state index in [1.165, 1.54) is 0 Å². The van der Waals surface area contributed by atoms with Gasteiger partial charge in [0.1, 0.15) is 5.75 Å². The van der Waals surface area contributed by atoms with Crippen LogP contribution in [0.1, 0.15) is 32.3 Å². The van der Waals surface area contributed by atoms with Gasteiger partial charge < -0.3 is 29.7 Å². The largest absolute Gasteiger partial charge is 0.477 e. The van der Waals surface area contributed by atoms with Crippen LogP contribution in [-0.4, -0.2) is 43.8 Å². The van der Waals surface area contributed by atoms with E-state index < -0.39 is 6.10 Å². The van der Waals surface area contributed by atoms with Crippen LogP contribution in [0.5, 0.6) is 17.2 Å². The lowest BCUT2D eigenvalue weighted by Crippen LogP contribution is -2.52. The highest BCUT2D eigenvalue weighted by molar-refractivity contribution is 5.86. The van der Waals surface area contributed by atoms with Crippen LogP contribution in [0.3, 0.4) is 0 Å². The Morgan fingerprint density at radius 2 is 1.84 bits per heavy atom. The van der Waals surface area contributed by atoms with Crippen LogP contribution in [0.15, 0.2) is 42.5 Å². The quantitative estimate of drug-likeness (QED) is 0.657. The standard InChI is InChI=1S/C24H29N3O5/c1-3-17(4-2)26-24(29)22-13-27(18-7-5-6-8-19(18)32-22)14-23(28)25-12-16-9-10-20-21(11-16)31-15-30-20/h5-11,17,22H,3-4,12-15H2,1-2H3,(H,25,28)(H,26,29). The molecule has 0 aliphatic carbocycles. The number of benzene rings is 2. The highest BCUT2D eigenvalue weighted by atomic mass is 16.7. The maximum absolute atomic E-state index is 12.8. The summed E-state index contributed by atoms with van der Waals surface area (Å²) in [6, 6.07) is 13.2. The Balaban J connectivity index is 1.39. The molecule has 2 aromatic rings. The second-order valence-electron chi connectivity index (χ2n) is 7.94. The molecule has 170 valence electrons. The van der Waals surface area contributed by atoms with Crippen molar-refractivity contribution in [2.24, 2.45) is 0 Å². The fourth-order valence-electron chi connectivity index (χ4n) is 3.86. The van der Waals surface area contributed by atoms with Crippen LogP contribution in [0.2, 0.25) is 0 Å². The van der Waals surface area contributed by atoms with Crippen molar-refractivity contribution in [2.75, 3.05) is 24.8 Å². The van der Waals surface area contributed by atoms with Gasteiger partial charge in [-0.05, 0) is 42.7 Å². The first-order valence-corrected chi connectivity index (χ1v) is 11.0. The average Bonchev–Trinajstić information content (AvgIpc) is 3.29. The van der Waals surface area contributed by atoms with Crippen molar-refractivity contribution >= 4 is 17.5 Å². The first kappa shape index (κ1) is 21.8. The number of para-hydroxylation sites is 2. The summed E-state index contributed by atoms with van der Waals surface area (Å²) in [5.41, 5.74) is 1.73. The van der Waals surface area contributed by atoms with Gasteiger partial charge in [-0.1, -0.05) is 32.0 Å². The number of nitrogens with one attached hydrogen (secondary N) is 2. The zero-order valence-electron chi connectivity index (χ0n) is 18.4. The monoisotopic (exact) mass is 439 g/mol. The van der Waals surface area contributed by atoms with Crippen LogP contribution in [0, 0.1) is 0 Å². The van der Waals surface area contributed by atoms with Crippen LogP contribution in [-0.2, 0) is 16.1 Å². The minimum Gasteiger partial charge on any atom is -0.477 e. The van der Waals surface area contributed by atoms with E-state index >= 15 is 0 Å². The Morgan fingerprint density at radius 3 is 2.66 bits per heavy atom. The van der Waals surface area contributed by atoms with Crippen molar-refractivity contribution in [3.8, 4) is 17.2 Å². The lowest BCUT2D eigenvalue weighted by Gasteiger charge is -2.35. The number of amides is 2. The molecule has 2 N–H and O–H groups in total. The highest BCUT2D eigenvalue weighted by Crippen LogP contribution is 2.33. The Labute approximate surface area is 187 Å². The van der Waals surface area contributed by atoms with E-state index in [4.69, 9.17) is 14.2 Å². The predicted molar refractivity (Wildman–Crippen MR) is 120 cm³/mol. The van der Waals surface area contributed by atoms with Gasteiger partial charge in [-0.3, -0.25) is 9.59 Å². The molecule has 0 aromatic heterocycles. The van der Waals surface area contributed by atoms with Gasteiger partial charge >= 0.3 is 0 Å². The van der Waals surface area contributed by atoms with Gasteiger partial charge in [0.2, 0.25) is 12.7 Å². The molecule has 4 rings (SSSR count). The molecule has 1 atom stereocenters. The maximum Gasteiger partial charge on any atom is 0.263 e. The van der Waals surface area contributed by atoms with Crippen molar-refractivity contribution in [2.45, 2.75) is 45.4 Å². The first-order valence-electron chi connectivity index (χ1n) is 11.0. The second kappa shape index (κ2) is 9.80. The summed E-state index contributed by atoms with van der Waals surface area (Å²) in [6.07, 6.45) is 1.04. The third-order valence-electron chi connectivity index (χ3n) is 5.75. The van der Waals surface area contributed by atoms with Gasteiger partial charge in [0.15, 0.2) is 17.6 Å². The van der Waals surface area contributed by atoms with Gasteiger partial charge in [0.05, 0.1) is 18.8 Å². The number of ether oxygens (including phenoxy) is 3. The number of rotatable bonds is 8. The van der Waals surface area contributed by atoms with Gasteiger partial charge in [0.25, 0.3) is 5.91 Å². The van der Waals surface area contributed by atoms with E-state index in [0.717, 1.165) is 24.1 Å². The molecule has 0 radical (unpaired) electrons. The number of carbonyl (C=O) groups is 2. The summed E-state index contributed by atoms with van der Waals surface area (Å²) >= 11 is 0. The smallest absolute Gasteiger partial charge is 0.263 e. The molecule has 1 unspecified atom stereocenters. The molecule has 2 aliphatic heterocycles. The number of hydrogen-bond acceptors (Lipinski definition) is 6. The molecule has 32 heavy (non-hydrogen) atoms. The predicted octanol–water partition coefficient (Wildman–Crippen LogP) is 2.60. The molecule has 0 fully saturated rings. The Morgan fingerprint density at radius 1 is 1.06 bits per heavy atom. The summed E-state index contributed by atoms with van der Waals surface area (Å²) < 4.78 is 16.7. The number of anilines is 1. The molecule has 2 amide bonds. The normalized spacial score (nSPS) is 16.3. The molecular formula is C24H29N3O5. The van der Waals surface area contributed by atoms with Crippen molar-refractivity contribution < 1.29 is 23.8 Å². The van der Waals surface area contributed by atoms with E-state index in [1.807, 2.05) is 61.2 Å². The van der Waals surface area contributed by atoms with Crippen LogP contribution in [0.25, 0.3) is 0 Å². The van der Waals surface area contributed by atoms with Gasteiger partial charge in [-0.15, -0.1) is 0 Å². The van der Waals surface area contributed by atoms with Gasteiger partial charge in [-0.2, -0.15) is 0 Å². The lowest BCUT2D eigenvalue weighted by atomic mass is 10.1. The summed E-state index contributed by atoms with van der Waals surface area (Å²) in [6.45, 7) is 5.11. The molecule has 8 heteroatoms. The summed E-state index contributed by atoms with van der Waals surface area (Å²) in [5, 5.41) is 5.99. The molecule has 2 heterocycles. The number of fused-ring (bicyclic) bond motifs is 2. The fraction of sp³-hybridized carbons (Fsp3) is 0.417. The van der Waals surface area contributed by atoms with E-state index in [-0.39, 0.29) is 31.2 Å². The summed E-state index contributed by atoms with van der Waals surface area (Å²) in [5.74, 6) is 1.71. The molecule has 2 aromatic carbocycles. The van der Waals surface area contributed by atoms with Gasteiger partial charge in [0, 0.05) is 12.6 Å². The molecule has 0 spiro atoms. The van der Waals surface area contributed by atoms with E-state index in [0.29, 0.717) is 30.3 Å². The second-order valence-corrected chi connectivity index (χ2v) is 7.94. The number of nitrogens with zero attached hydrogens (tertiary/aromatic N) is 1. The Kier molecular flexibility index (Phi) is 6.68. The lowest BCUT2D eigenvalue weighted by molar-refractivity contribution is -0.129. The Bertz CT molecular complexity index is 976. The van der Waals surface area contributed by atoms with E-state index in [1.54, 1.807) is 0 Å². The molecule has 0 saturated heterocycles. The molecule has 2 aliphatic rings. The summed E-state index contributed by atoms with van der Waals surface area (Å²) in [7, 11) is 0. The zero-order valence-corrected chi connectivity index (χ0v) is 18.4. The highest BCUT2D eigenvalue weighted by Gasteiger charge is 2.32. The third kappa shape index (κ3) is 4.90. The SMILES string of the molecule is CCC(CC)NC(=O)C1CN(CC(=O)NCc2ccc3c(c2)OCO3)c2ccccc2O1. The van der Waals surface area contributed by atoms with Crippen molar-refractivity contribution in [1.29, 1.82) is 0 Å². The van der Waals surface area contributed by atoms with Gasteiger partial charge in [-0.25, -0.2) is 0 Å². The minimum atomic E-state index is -0.674. The zero-order chi connectivity index (χ0) is 22.5. The number of carbonyl (C=O) groups excluding carboxylic acids is 2. The van der Waals surface area contributed by atoms with Crippen molar-refractivity contribution in [1.82, 2.24) is 10.6 Å². The number of hydrogen-bond donors (Lipinski definition) is 2. The topological polar surface area (TPSA) is 89.1 Å². The summed E-state index contributed by atoms with van der Waals surface area (Å²) in [4.78, 5) is 27.4. The molecule has 0 bridgehead atoms. The third-order valence-corrected chi connectivity index (χ3v) is 5.75. The van der Waals surface area contributed by atoms with Crippen LogP contribution >= 0.6 is 0 Å². The van der Waals surface area contributed by atoms with Crippen molar-refractivity contribution in [3.05, 3.63) is 48.0 Å². The molecule has 0 saturated carbocycles. The maximum atomic E-state index is 12.8. The Hall–Kier alpha value is -3.42. The van der Waals surface area contributed by atoms with Crippen LogP contribution in [0.4, 0.5) is 5.69 Å².